The molecule has 1 atom stereocenters. The van der Waals surface area contributed by atoms with E-state index in [9.17, 15) is 0 Å². The Hall–Kier alpha value is -1.80. The van der Waals surface area contributed by atoms with Gasteiger partial charge in [0, 0.05) is 38.0 Å². The van der Waals surface area contributed by atoms with Crippen LogP contribution < -0.4 is 0 Å². The topological polar surface area (TPSA) is 84.3 Å². The van der Waals surface area contributed by atoms with Crippen molar-refractivity contribution in [3.8, 4) is 0 Å². The molecule has 3 heterocycles. The molecule has 5 rings (SSSR count). The number of piperazine rings is 1. The minimum absolute atomic E-state index is 0.175. The summed E-state index contributed by atoms with van der Waals surface area (Å²) in [4.78, 5) is 13.9. The highest BCUT2D eigenvalue weighted by Crippen LogP contribution is 2.39. The molecule has 3 aliphatic rings. The average molecular weight is 344 g/mol. The minimum atomic E-state index is 0.175. The fraction of sp³-hybridized carbons (Fsp3) is 0.765. The predicted octanol–water partition coefficient (Wildman–Crippen LogP) is 2.09. The van der Waals surface area contributed by atoms with Gasteiger partial charge in [-0.25, -0.2) is 0 Å². The molecule has 2 aromatic heterocycles. The van der Waals surface area contributed by atoms with E-state index in [1.54, 1.807) is 0 Å². The molecule has 8 nitrogen and oxygen atoms in total. The molecule has 1 aliphatic heterocycles. The van der Waals surface area contributed by atoms with Gasteiger partial charge in [-0.15, -0.1) is 0 Å². The van der Waals surface area contributed by atoms with Crippen LogP contribution in [0.2, 0.25) is 0 Å². The van der Waals surface area contributed by atoms with Gasteiger partial charge in [0.05, 0.1) is 12.6 Å². The van der Waals surface area contributed by atoms with E-state index in [0.29, 0.717) is 11.8 Å². The lowest BCUT2D eigenvalue weighted by Crippen LogP contribution is -2.46. The molecule has 2 saturated carbocycles. The Morgan fingerprint density at radius 1 is 0.960 bits per heavy atom. The van der Waals surface area contributed by atoms with Crippen LogP contribution in [0.3, 0.4) is 0 Å². The van der Waals surface area contributed by atoms with E-state index < -0.39 is 0 Å². The molecule has 1 saturated heterocycles. The van der Waals surface area contributed by atoms with Gasteiger partial charge in [-0.2, -0.15) is 9.97 Å². The first-order chi connectivity index (χ1) is 12.3. The van der Waals surface area contributed by atoms with Gasteiger partial charge in [0.25, 0.3) is 0 Å². The molecule has 25 heavy (non-hydrogen) atoms. The summed E-state index contributed by atoms with van der Waals surface area (Å²) in [5.41, 5.74) is 0. The van der Waals surface area contributed by atoms with Crippen LogP contribution in [0.4, 0.5) is 0 Å². The van der Waals surface area contributed by atoms with E-state index in [1.807, 2.05) is 0 Å². The van der Waals surface area contributed by atoms with Gasteiger partial charge in [0.1, 0.15) is 0 Å². The third kappa shape index (κ3) is 3.32. The lowest BCUT2D eigenvalue weighted by atomic mass is 10.2. The van der Waals surface area contributed by atoms with Crippen LogP contribution in [-0.4, -0.2) is 56.3 Å². The minimum Gasteiger partial charge on any atom is -0.339 e. The molecule has 0 aromatic carbocycles. The Morgan fingerprint density at radius 2 is 1.72 bits per heavy atom. The predicted molar refractivity (Wildman–Crippen MR) is 87.8 cm³/mol. The van der Waals surface area contributed by atoms with Crippen LogP contribution in [0.25, 0.3) is 0 Å². The highest BCUT2D eigenvalue weighted by molar-refractivity contribution is 5.05. The second kappa shape index (κ2) is 6.17. The van der Waals surface area contributed by atoms with E-state index in [0.717, 1.165) is 56.2 Å². The smallest absolute Gasteiger partial charge is 0.243 e. The number of aromatic nitrogens is 4. The molecule has 0 spiro atoms. The molecule has 0 bridgehead atoms. The highest BCUT2D eigenvalue weighted by atomic mass is 16.5. The molecule has 2 aromatic rings. The van der Waals surface area contributed by atoms with Crippen molar-refractivity contribution in [2.45, 2.75) is 57.0 Å². The highest BCUT2D eigenvalue weighted by Gasteiger charge is 2.32. The summed E-state index contributed by atoms with van der Waals surface area (Å²) < 4.78 is 10.8. The zero-order chi connectivity index (χ0) is 16.8. The maximum Gasteiger partial charge on any atom is 0.243 e. The molecule has 0 N–H and O–H groups in total. The summed E-state index contributed by atoms with van der Waals surface area (Å²) in [7, 11) is 0. The standard InChI is InChI=1S/C17H24N6O2/c1-11(16-19-15(21-24-16)12-2-3-12)23-8-6-22(7-9-23)10-14-18-17(25-20-14)13-4-5-13/h11-13H,2-10H2,1H3/t11-/m1/s1. The monoisotopic (exact) mass is 344 g/mol. The number of rotatable bonds is 6. The first-order valence-electron chi connectivity index (χ1n) is 9.38. The normalized spacial score (nSPS) is 23.9. The fourth-order valence-electron chi connectivity index (χ4n) is 3.42. The zero-order valence-corrected chi connectivity index (χ0v) is 14.6. The van der Waals surface area contributed by atoms with Gasteiger partial charge >= 0.3 is 0 Å². The molecular weight excluding hydrogens is 320 g/mol. The van der Waals surface area contributed by atoms with Crippen LogP contribution in [0.5, 0.6) is 0 Å². The largest absolute Gasteiger partial charge is 0.339 e. The Labute approximate surface area is 146 Å². The van der Waals surface area contributed by atoms with E-state index in [-0.39, 0.29) is 6.04 Å². The quantitative estimate of drug-likeness (QED) is 0.787. The van der Waals surface area contributed by atoms with Gasteiger partial charge < -0.3 is 9.05 Å². The molecular formula is C17H24N6O2. The van der Waals surface area contributed by atoms with Crippen LogP contribution in [-0.2, 0) is 6.54 Å². The van der Waals surface area contributed by atoms with E-state index in [4.69, 9.17) is 9.05 Å². The molecule has 0 unspecified atom stereocenters. The van der Waals surface area contributed by atoms with Crippen LogP contribution >= 0.6 is 0 Å². The van der Waals surface area contributed by atoms with E-state index in [2.05, 4.69) is 37.0 Å². The maximum atomic E-state index is 5.49. The Bertz CT molecular complexity index is 727. The number of nitrogens with zero attached hydrogens (tertiary/aromatic N) is 6. The SMILES string of the molecule is C[C@H](c1nc(C2CC2)no1)N1CCN(Cc2noc(C3CC3)n2)CC1. The second-order valence-corrected chi connectivity index (χ2v) is 7.58. The summed E-state index contributed by atoms with van der Waals surface area (Å²) >= 11 is 0. The molecule has 0 amide bonds. The lowest BCUT2D eigenvalue weighted by Gasteiger charge is -2.36. The summed E-state index contributed by atoms with van der Waals surface area (Å²) in [6, 6.07) is 0.175. The Morgan fingerprint density at radius 3 is 2.44 bits per heavy atom. The van der Waals surface area contributed by atoms with Crippen molar-refractivity contribution in [2.24, 2.45) is 0 Å². The molecule has 3 fully saturated rings. The molecule has 8 heteroatoms. The number of hydrogen-bond donors (Lipinski definition) is 0. The Balaban J connectivity index is 1.14. The third-order valence-corrected chi connectivity index (χ3v) is 5.49. The fourth-order valence-corrected chi connectivity index (χ4v) is 3.42. The zero-order valence-electron chi connectivity index (χ0n) is 14.6. The van der Waals surface area contributed by atoms with Crippen molar-refractivity contribution in [1.29, 1.82) is 0 Å². The van der Waals surface area contributed by atoms with Gasteiger partial charge in [-0.05, 0) is 32.6 Å². The van der Waals surface area contributed by atoms with Crippen LogP contribution in [0.15, 0.2) is 9.05 Å². The second-order valence-electron chi connectivity index (χ2n) is 7.58. The van der Waals surface area contributed by atoms with Gasteiger partial charge in [0.2, 0.25) is 11.8 Å². The summed E-state index contributed by atoms with van der Waals surface area (Å²) in [6.07, 6.45) is 4.78. The van der Waals surface area contributed by atoms with Crippen molar-refractivity contribution in [3.63, 3.8) is 0 Å². The van der Waals surface area contributed by atoms with Gasteiger partial charge in [-0.3, -0.25) is 9.80 Å². The number of hydrogen-bond acceptors (Lipinski definition) is 8. The van der Waals surface area contributed by atoms with Crippen molar-refractivity contribution >= 4 is 0 Å². The summed E-state index contributed by atoms with van der Waals surface area (Å²) in [5, 5.41) is 8.26. The van der Waals surface area contributed by atoms with Gasteiger partial charge in [-0.1, -0.05) is 10.3 Å². The first-order valence-corrected chi connectivity index (χ1v) is 9.38. The molecule has 2 aliphatic carbocycles. The summed E-state index contributed by atoms with van der Waals surface area (Å²) in [6.45, 7) is 6.86. The maximum absolute atomic E-state index is 5.49. The van der Waals surface area contributed by atoms with Gasteiger partial charge in [0.15, 0.2) is 11.6 Å². The Kier molecular flexibility index (Phi) is 3.82. The van der Waals surface area contributed by atoms with Crippen molar-refractivity contribution in [3.05, 3.63) is 23.4 Å². The molecule has 134 valence electrons. The van der Waals surface area contributed by atoms with E-state index >= 15 is 0 Å². The van der Waals surface area contributed by atoms with Crippen molar-refractivity contribution in [1.82, 2.24) is 30.1 Å². The van der Waals surface area contributed by atoms with Crippen molar-refractivity contribution in [2.75, 3.05) is 26.2 Å². The lowest BCUT2D eigenvalue weighted by molar-refractivity contribution is 0.0827. The van der Waals surface area contributed by atoms with Crippen LogP contribution in [0, 0.1) is 0 Å². The third-order valence-electron chi connectivity index (χ3n) is 5.49. The average Bonchev–Trinajstić information content (AvgIpc) is 3.57. The van der Waals surface area contributed by atoms with E-state index in [1.165, 1.54) is 25.7 Å². The first kappa shape index (κ1) is 15.5. The summed E-state index contributed by atoms with van der Waals surface area (Å²) in [5.74, 6) is 4.34. The van der Waals surface area contributed by atoms with Crippen LogP contribution in [0.1, 0.15) is 73.9 Å². The molecule has 0 radical (unpaired) electrons. The van der Waals surface area contributed by atoms with Crippen molar-refractivity contribution < 1.29 is 9.05 Å².